The van der Waals surface area contributed by atoms with Gasteiger partial charge in [0.25, 0.3) is 0 Å². The van der Waals surface area contributed by atoms with Crippen LogP contribution in [0.25, 0.3) is 0 Å². The maximum Gasteiger partial charge on any atom is 0.191 e. The molecule has 0 atom stereocenters. The molecule has 0 fully saturated rings. The minimum Gasteiger partial charge on any atom is -0.356 e. The molecule has 0 aliphatic heterocycles. The molecule has 0 saturated heterocycles. The highest BCUT2D eigenvalue weighted by Gasteiger charge is 2.09. The SMILES string of the molecule is CN=C(NCCCC(C)(C)C)NCc1ccccc1. The topological polar surface area (TPSA) is 36.4 Å². The highest BCUT2D eigenvalue weighted by atomic mass is 15.2. The van der Waals surface area contributed by atoms with E-state index in [1.165, 1.54) is 12.0 Å². The van der Waals surface area contributed by atoms with Crippen molar-refractivity contribution in [3.8, 4) is 0 Å². The van der Waals surface area contributed by atoms with E-state index in [1.807, 2.05) is 13.1 Å². The van der Waals surface area contributed by atoms with Gasteiger partial charge in [0.2, 0.25) is 0 Å². The van der Waals surface area contributed by atoms with Gasteiger partial charge in [-0.25, -0.2) is 0 Å². The first-order chi connectivity index (χ1) is 9.01. The molecular formula is C16H27N3. The maximum absolute atomic E-state index is 4.23. The number of benzene rings is 1. The lowest BCUT2D eigenvalue weighted by Crippen LogP contribution is -2.37. The molecule has 106 valence electrons. The third-order valence-corrected chi connectivity index (χ3v) is 2.92. The second-order valence-electron chi connectivity index (χ2n) is 6.00. The van der Waals surface area contributed by atoms with Crippen molar-refractivity contribution in [3.63, 3.8) is 0 Å². The summed E-state index contributed by atoms with van der Waals surface area (Å²) in [6.07, 6.45) is 2.38. The first-order valence-corrected chi connectivity index (χ1v) is 7.00. The van der Waals surface area contributed by atoms with Crippen LogP contribution in [0.4, 0.5) is 0 Å². The number of hydrogen-bond donors (Lipinski definition) is 2. The number of hydrogen-bond acceptors (Lipinski definition) is 1. The summed E-state index contributed by atoms with van der Waals surface area (Å²) in [5.41, 5.74) is 1.67. The first-order valence-electron chi connectivity index (χ1n) is 7.00. The molecule has 0 aliphatic carbocycles. The van der Waals surface area contributed by atoms with Crippen LogP contribution in [0.1, 0.15) is 39.2 Å². The molecule has 19 heavy (non-hydrogen) atoms. The molecule has 0 bridgehead atoms. The lowest BCUT2D eigenvalue weighted by Gasteiger charge is -2.18. The maximum atomic E-state index is 4.23. The summed E-state index contributed by atoms with van der Waals surface area (Å²) in [5, 5.41) is 6.67. The van der Waals surface area contributed by atoms with Crippen molar-refractivity contribution in [1.29, 1.82) is 0 Å². The Morgan fingerprint density at radius 1 is 1.11 bits per heavy atom. The Hall–Kier alpha value is -1.51. The van der Waals surface area contributed by atoms with E-state index in [1.54, 1.807) is 0 Å². The lowest BCUT2D eigenvalue weighted by atomic mass is 9.91. The van der Waals surface area contributed by atoms with Crippen LogP contribution in [0.3, 0.4) is 0 Å². The van der Waals surface area contributed by atoms with Crippen molar-refractivity contribution >= 4 is 5.96 Å². The van der Waals surface area contributed by atoms with Crippen molar-refractivity contribution in [2.24, 2.45) is 10.4 Å². The standard InChI is InChI=1S/C16H27N3/c1-16(2,3)11-8-12-18-15(17-4)19-13-14-9-6-5-7-10-14/h5-7,9-10H,8,11-13H2,1-4H3,(H2,17,18,19). The highest BCUT2D eigenvalue weighted by molar-refractivity contribution is 5.79. The van der Waals surface area contributed by atoms with Crippen molar-refractivity contribution in [2.75, 3.05) is 13.6 Å². The molecule has 2 N–H and O–H groups in total. The van der Waals surface area contributed by atoms with E-state index in [9.17, 15) is 0 Å². The zero-order valence-corrected chi connectivity index (χ0v) is 12.7. The van der Waals surface area contributed by atoms with Crippen molar-refractivity contribution in [3.05, 3.63) is 35.9 Å². The summed E-state index contributed by atoms with van der Waals surface area (Å²) in [4.78, 5) is 4.23. The summed E-state index contributed by atoms with van der Waals surface area (Å²) < 4.78 is 0. The third-order valence-electron chi connectivity index (χ3n) is 2.92. The van der Waals surface area contributed by atoms with Crippen molar-refractivity contribution < 1.29 is 0 Å². The predicted octanol–water partition coefficient (Wildman–Crippen LogP) is 3.18. The van der Waals surface area contributed by atoms with Gasteiger partial charge in [0.1, 0.15) is 0 Å². The van der Waals surface area contributed by atoms with E-state index in [0.717, 1.165) is 25.5 Å². The van der Waals surface area contributed by atoms with Gasteiger partial charge in [-0.05, 0) is 23.8 Å². The number of nitrogens with zero attached hydrogens (tertiary/aromatic N) is 1. The Morgan fingerprint density at radius 2 is 1.79 bits per heavy atom. The molecule has 0 heterocycles. The van der Waals surface area contributed by atoms with Gasteiger partial charge in [-0.2, -0.15) is 0 Å². The Morgan fingerprint density at radius 3 is 2.37 bits per heavy atom. The quantitative estimate of drug-likeness (QED) is 0.485. The fourth-order valence-electron chi connectivity index (χ4n) is 1.83. The molecule has 3 heteroatoms. The van der Waals surface area contributed by atoms with Gasteiger partial charge < -0.3 is 10.6 Å². The van der Waals surface area contributed by atoms with Crippen LogP contribution in [0, 0.1) is 5.41 Å². The minimum atomic E-state index is 0.405. The van der Waals surface area contributed by atoms with Crippen LogP contribution in [-0.2, 0) is 6.54 Å². The number of aliphatic imine (C=N–C) groups is 1. The van der Waals surface area contributed by atoms with E-state index in [4.69, 9.17) is 0 Å². The summed E-state index contributed by atoms with van der Waals surface area (Å²) in [6, 6.07) is 10.4. The molecule has 0 saturated carbocycles. The Balaban J connectivity index is 2.24. The third kappa shape index (κ3) is 7.50. The summed E-state index contributed by atoms with van der Waals surface area (Å²) >= 11 is 0. The molecule has 0 spiro atoms. The molecule has 3 nitrogen and oxygen atoms in total. The van der Waals surface area contributed by atoms with Gasteiger partial charge in [-0.1, -0.05) is 51.1 Å². The van der Waals surface area contributed by atoms with Gasteiger partial charge >= 0.3 is 0 Å². The van der Waals surface area contributed by atoms with E-state index in [-0.39, 0.29) is 0 Å². The Bertz CT molecular complexity index is 377. The fourth-order valence-corrected chi connectivity index (χ4v) is 1.83. The number of rotatable bonds is 5. The molecule has 0 aliphatic rings. The van der Waals surface area contributed by atoms with Crippen LogP contribution < -0.4 is 10.6 Å². The van der Waals surface area contributed by atoms with Crippen molar-refractivity contribution in [1.82, 2.24) is 10.6 Å². The number of nitrogens with one attached hydrogen (secondary N) is 2. The summed E-state index contributed by atoms with van der Waals surface area (Å²) in [5.74, 6) is 0.873. The Labute approximate surface area is 117 Å². The van der Waals surface area contributed by atoms with E-state index < -0.39 is 0 Å². The molecule has 0 amide bonds. The van der Waals surface area contributed by atoms with Crippen LogP contribution in [0.2, 0.25) is 0 Å². The molecule has 0 unspecified atom stereocenters. The number of guanidine groups is 1. The van der Waals surface area contributed by atoms with Gasteiger partial charge in [-0.3, -0.25) is 4.99 Å². The first kappa shape index (κ1) is 15.5. The second kappa shape index (κ2) is 7.82. The minimum absolute atomic E-state index is 0.405. The zero-order chi connectivity index (χ0) is 14.1. The average Bonchev–Trinajstić information content (AvgIpc) is 2.38. The second-order valence-corrected chi connectivity index (χ2v) is 6.00. The van der Waals surface area contributed by atoms with Gasteiger partial charge in [0, 0.05) is 20.1 Å². The van der Waals surface area contributed by atoms with Crippen LogP contribution in [-0.4, -0.2) is 19.6 Å². The van der Waals surface area contributed by atoms with E-state index in [2.05, 4.69) is 60.7 Å². The average molecular weight is 261 g/mol. The molecule has 0 aromatic heterocycles. The zero-order valence-electron chi connectivity index (χ0n) is 12.7. The van der Waals surface area contributed by atoms with Crippen LogP contribution in [0.15, 0.2) is 35.3 Å². The van der Waals surface area contributed by atoms with Crippen molar-refractivity contribution in [2.45, 2.75) is 40.2 Å². The smallest absolute Gasteiger partial charge is 0.191 e. The summed E-state index contributed by atoms with van der Waals surface area (Å²) in [6.45, 7) is 8.59. The van der Waals surface area contributed by atoms with Gasteiger partial charge in [0.15, 0.2) is 5.96 Å². The van der Waals surface area contributed by atoms with E-state index in [0.29, 0.717) is 5.41 Å². The normalized spacial score (nSPS) is 12.3. The van der Waals surface area contributed by atoms with Crippen LogP contribution in [0.5, 0.6) is 0 Å². The van der Waals surface area contributed by atoms with Gasteiger partial charge in [-0.15, -0.1) is 0 Å². The molecular weight excluding hydrogens is 234 g/mol. The summed E-state index contributed by atoms with van der Waals surface area (Å²) in [7, 11) is 1.81. The molecule has 0 radical (unpaired) electrons. The van der Waals surface area contributed by atoms with Gasteiger partial charge in [0.05, 0.1) is 0 Å². The van der Waals surface area contributed by atoms with Crippen LogP contribution >= 0.6 is 0 Å². The monoisotopic (exact) mass is 261 g/mol. The lowest BCUT2D eigenvalue weighted by molar-refractivity contribution is 0.365. The Kier molecular flexibility index (Phi) is 6.40. The predicted molar refractivity (Wildman–Crippen MR) is 83.3 cm³/mol. The molecule has 1 rings (SSSR count). The fraction of sp³-hybridized carbons (Fsp3) is 0.562. The van der Waals surface area contributed by atoms with E-state index >= 15 is 0 Å². The highest BCUT2D eigenvalue weighted by Crippen LogP contribution is 2.19. The molecule has 1 aromatic rings. The largest absolute Gasteiger partial charge is 0.356 e. The molecule has 1 aromatic carbocycles.